The van der Waals surface area contributed by atoms with Crippen LogP contribution in [0.5, 0.6) is 0 Å². The summed E-state index contributed by atoms with van der Waals surface area (Å²) < 4.78 is 38.2. The number of nitrogens with two attached hydrogens (primary N) is 1. The lowest BCUT2D eigenvalue weighted by Crippen LogP contribution is -2.47. The van der Waals surface area contributed by atoms with Crippen molar-refractivity contribution in [3.05, 3.63) is 54.2 Å². The summed E-state index contributed by atoms with van der Waals surface area (Å²) in [7, 11) is 1.82. The fourth-order valence-electron chi connectivity index (χ4n) is 2.99. The molecule has 2 amide bonds. The van der Waals surface area contributed by atoms with E-state index in [0.29, 0.717) is 36.9 Å². The van der Waals surface area contributed by atoms with E-state index >= 15 is 0 Å². The molecule has 0 unspecified atom stereocenters. The molecule has 161 valence electrons. The third-order valence-electron chi connectivity index (χ3n) is 4.63. The van der Waals surface area contributed by atoms with Gasteiger partial charge in [-0.15, -0.1) is 0 Å². The molecule has 1 radical (unpaired) electrons. The number of anilines is 3. The van der Waals surface area contributed by atoms with Crippen molar-refractivity contribution >= 4 is 36.5 Å². The van der Waals surface area contributed by atoms with E-state index in [2.05, 4.69) is 27.2 Å². The van der Waals surface area contributed by atoms with Crippen LogP contribution in [0.4, 0.5) is 30.6 Å². The third kappa shape index (κ3) is 5.53. The van der Waals surface area contributed by atoms with Gasteiger partial charge in [0.25, 0.3) is 5.91 Å². The Labute approximate surface area is 177 Å². The minimum absolute atomic E-state index is 0.0105. The van der Waals surface area contributed by atoms with Gasteiger partial charge in [-0.3, -0.25) is 9.59 Å². The zero-order chi connectivity index (χ0) is 22.6. The quantitative estimate of drug-likeness (QED) is 0.494. The van der Waals surface area contributed by atoms with E-state index in [1.165, 1.54) is 0 Å². The Balaban J connectivity index is 1.54. The largest absolute Gasteiger partial charge is 0.421 e. The molecular weight excluding hydrogens is 412 g/mol. The molecule has 0 saturated carbocycles. The number of aromatic nitrogens is 2. The number of carbonyl (C=O) groups is 2. The summed E-state index contributed by atoms with van der Waals surface area (Å²) >= 11 is 0. The summed E-state index contributed by atoms with van der Waals surface area (Å²) in [6.45, 7) is 3.80. The van der Waals surface area contributed by atoms with E-state index in [4.69, 9.17) is 5.73 Å². The lowest BCUT2D eigenvalue weighted by Gasteiger charge is -2.32. The second-order valence-corrected chi connectivity index (χ2v) is 6.79. The molecule has 8 nitrogen and oxygen atoms in total. The van der Waals surface area contributed by atoms with Crippen molar-refractivity contribution in [3.63, 3.8) is 0 Å². The molecule has 1 aliphatic rings. The number of nitrogen functional groups attached to an aromatic ring is 1. The van der Waals surface area contributed by atoms with Crippen molar-refractivity contribution in [1.29, 1.82) is 0 Å². The van der Waals surface area contributed by atoms with Gasteiger partial charge in [0.2, 0.25) is 11.9 Å². The second-order valence-electron chi connectivity index (χ2n) is 6.79. The predicted molar refractivity (Wildman–Crippen MR) is 110 cm³/mol. The lowest BCUT2D eigenvalue weighted by atomic mass is 9.65. The number of nitrogens with zero attached hydrogens (tertiary/aromatic N) is 3. The molecule has 3 rings (SSSR count). The van der Waals surface area contributed by atoms with Crippen LogP contribution in [0.25, 0.3) is 0 Å². The molecular formula is C19H19BF3N6O2. The van der Waals surface area contributed by atoms with E-state index in [9.17, 15) is 22.8 Å². The fraction of sp³-hybridized carbons (Fsp3) is 0.263. The maximum atomic E-state index is 12.7. The summed E-state index contributed by atoms with van der Waals surface area (Å²) in [5.41, 5.74) is 5.31. The van der Waals surface area contributed by atoms with Crippen LogP contribution in [0.1, 0.15) is 22.3 Å². The Morgan fingerprint density at radius 1 is 1.29 bits per heavy atom. The molecule has 0 bridgehead atoms. The highest BCUT2D eigenvalue weighted by Gasteiger charge is 2.34. The molecule has 12 heteroatoms. The summed E-state index contributed by atoms with van der Waals surface area (Å²) in [6, 6.07) is 6.48. The van der Waals surface area contributed by atoms with Gasteiger partial charge in [-0.1, -0.05) is 6.58 Å². The molecule has 1 atom stereocenters. The van der Waals surface area contributed by atoms with Gasteiger partial charge >= 0.3 is 6.18 Å². The van der Waals surface area contributed by atoms with Crippen LogP contribution in [0.2, 0.25) is 0 Å². The topological polar surface area (TPSA) is 113 Å². The Morgan fingerprint density at radius 3 is 2.55 bits per heavy atom. The highest BCUT2D eigenvalue weighted by atomic mass is 19.4. The number of halogens is 3. The molecule has 0 aliphatic carbocycles. The van der Waals surface area contributed by atoms with E-state index in [1.807, 2.05) is 7.28 Å². The molecule has 1 aliphatic heterocycles. The first-order valence-corrected chi connectivity index (χ1v) is 9.29. The highest BCUT2D eigenvalue weighted by Crippen LogP contribution is 2.32. The van der Waals surface area contributed by atoms with Crippen molar-refractivity contribution in [1.82, 2.24) is 14.9 Å². The van der Waals surface area contributed by atoms with Gasteiger partial charge in [-0.25, -0.2) is 4.98 Å². The minimum atomic E-state index is -4.62. The van der Waals surface area contributed by atoms with Crippen LogP contribution < -0.4 is 16.4 Å². The van der Waals surface area contributed by atoms with Gasteiger partial charge in [0.1, 0.15) is 11.4 Å². The molecule has 2 heterocycles. The molecule has 0 spiro atoms. The van der Waals surface area contributed by atoms with Crippen molar-refractivity contribution < 1.29 is 22.8 Å². The summed E-state index contributed by atoms with van der Waals surface area (Å²) in [5.74, 6) is -1.40. The summed E-state index contributed by atoms with van der Waals surface area (Å²) in [6.07, 6.45) is -1.97. The number of hydrogen-bond acceptors (Lipinski definition) is 6. The number of alkyl halides is 3. The zero-order valence-electron chi connectivity index (χ0n) is 16.3. The van der Waals surface area contributed by atoms with Crippen LogP contribution in [0.3, 0.4) is 0 Å². The number of rotatable bonds is 5. The predicted octanol–water partition coefficient (Wildman–Crippen LogP) is 2.15. The number of nitrogens with one attached hydrogen (secondary N) is 2. The number of benzene rings is 1. The van der Waals surface area contributed by atoms with Crippen molar-refractivity contribution in [2.45, 2.75) is 18.5 Å². The van der Waals surface area contributed by atoms with Gasteiger partial charge in [-0.2, -0.15) is 18.2 Å². The van der Waals surface area contributed by atoms with Gasteiger partial charge < -0.3 is 21.3 Å². The monoisotopic (exact) mass is 431 g/mol. The third-order valence-corrected chi connectivity index (χ3v) is 4.63. The minimum Gasteiger partial charge on any atom is -0.383 e. The Hall–Kier alpha value is -3.57. The number of amides is 2. The molecule has 31 heavy (non-hydrogen) atoms. The Bertz CT molecular complexity index is 976. The number of carbonyl (C=O) groups excluding carboxylic acids is 2. The van der Waals surface area contributed by atoms with Crippen LogP contribution in [-0.4, -0.2) is 52.9 Å². The molecule has 1 fully saturated rings. The van der Waals surface area contributed by atoms with Crippen molar-refractivity contribution in [2.24, 2.45) is 0 Å². The van der Waals surface area contributed by atoms with E-state index in [0.717, 1.165) is 6.08 Å². The van der Waals surface area contributed by atoms with E-state index in [-0.39, 0.29) is 23.7 Å². The highest BCUT2D eigenvalue weighted by molar-refractivity contribution is 6.39. The van der Waals surface area contributed by atoms with Crippen LogP contribution in [0.15, 0.2) is 43.1 Å². The van der Waals surface area contributed by atoms with Gasteiger partial charge in [-0.05, 0) is 43.2 Å². The smallest absolute Gasteiger partial charge is 0.383 e. The summed E-state index contributed by atoms with van der Waals surface area (Å²) in [5, 5.41) is 5.52. The fourth-order valence-corrected chi connectivity index (χ4v) is 2.99. The Kier molecular flexibility index (Phi) is 6.47. The van der Waals surface area contributed by atoms with Crippen LogP contribution in [0, 0.1) is 0 Å². The SMILES string of the molecule is C=CC(=O)Nc1ccc(C(=O)N2C[B][C@H](Nc3ncc(C(F)(F)F)c(N)n3)CC2)cc1. The van der Waals surface area contributed by atoms with Crippen molar-refractivity contribution in [2.75, 3.05) is 29.4 Å². The first-order valence-electron chi connectivity index (χ1n) is 9.29. The second kappa shape index (κ2) is 9.06. The average Bonchev–Trinajstić information content (AvgIpc) is 2.73. The van der Waals surface area contributed by atoms with E-state index < -0.39 is 17.6 Å². The van der Waals surface area contributed by atoms with Crippen LogP contribution >= 0.6 is 0 Å². The number of hydrogen-bond donors (Lipinski definition) is 3. The molecule has 4 N–H and O–H groups in total. The molecule has 1 aromatic heterocycles. The van der Waals surface area contributed by atoms with Gasteiger partial charge in [0, 0.05) is 29.9 Å². The molecule has 1 aromatic carbocycles. The normalized spacial score (nSPS) is 16.2. The van der Waals surface area contributed by atoms with Gasteiger partial charge in [0.05, 0.1) is 0 Å². The van der Waals surface area contributed by atoms with Crippen LogP contribution in [-0.2, 0) is 11.0 Å². The maximum Gasteiger partial charge on any atom is 0.421 e. The maximum absolute atomic E-state index is 12.7. The first kappa shape index (κ1) is 22.1. The zero-order valence-corrected chi connectivity index (χ0v) is 16.3. The lowest BCUT2D eigenvalue weighted by molar-refractivity contribution is -0.137. The first-order chi connectivity index (χ1) is 14.7. The Morgan fingerprint density at radius 2 is 2.00 bits per heavy atom. The van der Waals surface area contributed by atoms with E-state index in [1.54, 1.807) is 29.2 Å². The molecule has 1 saturated heterocycles. The summed E-state index contributed by atoms with van der Waals surface area (Å²) in [4.78, 5) is 33.0. The molecule has 2 aromatic rings. The standard InChI is InChI=1S/C19H19BF3N6O2/c1-2-15(30)26-12-5-3-11(4-6-12)17(31)29-8-7-14(20-10-29)27-18-25-9-13(16(24)28-18)19(21,22)23/h2-6,9,14H,1,7-8,10H2,(H,26,30)(H3,24,25,27,28)/t14-/m1/s1. The average molecular weight is 431 g/mol. The van der Waals surface area contributed by atoms with Crippen molar-refractivity contribution in [3.8, 4) is 0 Å². The van der Waals surface area contributed by atoms with Gasteiger partial charge in [0.15, 0.2) is 7.28 Å².